The summed E-state index contributed by atoms with van der Waals surface area (Å²) in [6, 6.07) is 10.5. The summed E-state index contributed by atoms with van der Waals surface area (Å²) in [6.07, 6.45) is 1.65. The van der Waals surface area contributed by atoms with Gasteiger partial charge in [-0.1, -0.05) is 28.9 Å². The summed E-state index contributed by atoms with van der Waals surface area (Å²) < 4.78 is 16.0. The highest BCUT2D eigenvalue weighted by Gasteiger charge is 2.16. The number of benzene rings is 1. The summed E-state index contributed by atoms with van der Waals surface area (Å²) in [5, 5.41) is 5.05. The van der Waals surface area contributed by atoms with Crippen molar-refractivity contribution in [3.05, 3.63) is 70.2 Å². The third kappa shape index (κ3) is 5.05. The van der Waals surface area contributed by atoms with Crippen LogP contribution in [0.5, 0.6) is 5.75 Å². The minimum atomic E-state index is -0.447. The lowest BCUT2D eigenvalue weighted by Crippen LogP contribution is -2.13. The monoisotopic (exact) mass is 418 g/mol. The largest absolute Gasteiger partial charge is 0.488 e. The third-order valence-electron chi connectivity index (χ3n) is 3.94. The Bertz CT molecular complexity index is 941. The maximum atomic E-state index is 12.5. The molecule has 8 heteroatoms. The Morgan fingerprint density at radius 3 is 2.75 bits per heavy atom. The van der Waals surface area contributed by atoms with Gasteiger partial charge in [0.15, 0.2) is 0 Å². The molecular formula is C20H19ClN2O4S. The summed E-state index contributed by atoms with van der Waals surface area (Å²) in [5.41, 5.74) is 2.25. The van der Waals surface area contributed by atoms with Gasteiger partial charge < -0.3 is 14.0 Å². The van der Waals surface area contributed by atoms with Gasteiger partial charge in [-0.05, 0) is 38.1 Å². The van der Waals surface area contributed by atoms with Crippen LogP contribution < -0.4 is 4.74 Å². The quantitative estimate of drug-likeness (QED) is 0.293. The van der Waals surface area contributed by atoms with E-state index in [-0.39, 0.29) is 13.2 Å². The smallest absolute Gasteiger partial charge is 0.341 e. The first-order valence-corrected chi connectivity index (χ1v) is 9.96. The number of carbonyl (C=O) groups excluding carboxylic acids is 1. The molecule has 1 aromatic carbocycles. The number of halogens is 1. The van der Waals surface area contributed by atoms with E-state index in [1.807, 2.05) is 26.0 Å². The highest BCUT2D eigenvalue weighted by atomic mass is 35.5. The summed E-state index contributed by atoms with van der Waals surface area (Å²) in [5.74, 6) is 1.48. The van der Waals surface area contributed by atoms with Gasteiger partial charge in [-0.3, -0.25) is 0 Å². The van der Waals surface area contributed by atoms with Crippen LogP contribution in [0.2, 0.25) is 5.02 Å². The number of aryl methyl sites for hydroxylation is 2. The Morgan fingerprint density at radius 2 is 2.00 bits per heavy atom. The molecule has 0 aliphatic carbocycles. The lowest BCUT2D eigenvalue weighted by atomic mass is 10.2. The molecule has 0 atom stereocenters. The first-order chi connectivity index (χ1) is 13.6. The summed E-state index contributed by atoms with van der Waals surface area (Å²) in [4.78, 5) is 16.8. The molecular weight excluding hydrogens is 400 g/mol. The first-order valence-electron chi connectivity index (χ1n) is 8.60. The van der Waals surface area contributed by atoms with Crippen molar-refractivity contribution in [1.29, 1.82) is 0 Å². The maximum Gasteiger partial charge on any atom is 0.341 e. The lowest BCUT2D eigenvalue weighted by Gasteiger charge is -2.10. The van der Waals surface area contributed by atoms with Gasteiger partial charge in [-0.2, -0.15) is 0 Å². The molecule has 2 heterocycles. The summed E-state index contributed by atoms with van der Waals surface area (Å²) in [6.45, 7) is 4.06. The van der Waals surface area contributed by atoms with E-state index in [1.165, 1.54) is 11.8 Å². The molecule has 0 amide bonds. The fourth-order valence-electron chi connectivity index (χ4n) is 2.44. The van der Waals surface area contributed by atoms with E-state index < -0.39 is 5.97 Å². The zero-order valence-corrected chi connectivity index (χ0v) is 17.0. The molecule has 0 saturated carbocycles. The van der Waals surface area contributed by atoms with Crippen molar-refractivity contribution in [2.24, 2.45) is 0 Å². The molecule has 2 aromatic heterocycles. The van der Waals surface area contributed by atoms with Crippen molar-refractivity contribution >= 4 is 29.3 Å². The van der Waals surface area contributed by atoms with Crippen molar-refractivity contribution in [1.82, 2.24) is 10.1 Å². The number of rotatable bonds is 8. The normalized spacial score (nSPS) is 10.7. The Kier molecular flexibility index (Phi) is 6.95. The second-order valence-corrected chi connectivity index (χ2v) is 7.23. The summed E-state index contributed by atoms with van der Waals surface area (Å²) in [7, 11) is 0. The standard InChI is InChI=1S/C20H19ClN2O4S/c1-13-16(14(2)27-23-13)12-28-19-15(6-5-9-22-19)20(24)26-11-10-25-18-8-4-3-7-17(18)21/h3-9H,10-12H2,1-2H3. The molecule has 0 N–H and O–H groups in total. The highest BCUT2D eigenvalue weighted by molar-refractivity contribution is 7.98. The number of ether oxygens (including phenoxy) is 2. The van der Waals surface area contributed by atoms with E-state index in [9.17, 15) is 4.79 Å². The van der Waals surface area contributed by atoms with Gasteiger partial charge in [0.05, 0.1) is 16.3 Å². The third-order valence-corrected chi connectivity index (χ3v) is 5.28. The van der Waals surface area contributed by atoms with E-state index in [0.717, 1.165) is 17.0 Å². The van der Waals surface area contributed by atoms with Crippen LogP contribution in [0.15, 0.2) is 52.1 Å². The molecule has 0 unspecified atom stereocenters. The zero-order valence-electron chi connectivity index (χ0n) is 15.5. The fraction of sp³-hybridized carbons (Fsp3) is 0.250. The van der Waals surface area contributed by atoms with E-state index in [4.69, 9.17) is 25.6 Å². The zero-order chi connectivity index (χ0) is 19.9. The molecule has 6 nitrogen and oxygen atoms in total. The molecule has 0 aliphatic rings. The van der Waals surface area contributed by atoms with Gasteiger partial charge in [0.2, 0.25) is 0 Å². The fourth-order valence-corrected chi connectivity index (χ4v) is 3.76. The number of carbonyl (C=O) groups is 1. The molecule has 3 aromatic rings. The Morgan fingerprint density at radius 1 is 1.18 bits per heavy atom. The van der Waals surface area contributed by atoms with Crippen LogP contribution in [0.25, 0.3) is 0 Å². The number of esters is 1. The second kappa shape index (κ2) is 9.61. The number of hydrogen-bond donors (Lipinski definition) is 0. The second-order valence-electron chi connectivity index (χ2n) is 5.86. The molecule has 0 bridgehead atoms. The summed E-state index contributed by atoms with van der Waals surface area (Å²) >= 11 is 7.47. The van der Waals surface area contributed by atoms with E-state index >= 15 is 0 Å². The van der Waals surface area contributed by atoms with Gasteiger partial charge in [0.1, 0.15) is 29.7 Å². The molecule has 0 aliphatic heterocycles. The van der Waals surface area contributed by atoms with Crippen molar-refractivity contribution in [2.75, 3.05) is 13.2 Å². The topological polar surface area (TPSA) is 74.5 Å². The van der Waals surface area contributed by atoms with Crippen LogP contribution in [0.4, 0.5) is 0 Å². The number of pyridine rings is 1. The minimum Gasteiger partial charge on any atom is -0.488 e. The Hall–Kier alpha value is -2.51. The van der Waals surface area contributed by atoms with E-state index in [1.54, 1.807) is 30.5 Å². The number of aromatic nitrogens is 2. The van der Waals surface area contributed by atoms with Crippen LogP contribution in [0.1, 0.15) is 27.4 Å². The van der Waals surface area contributed by atoms with Crippen molar-refractivity contribution in [3.63, 3.8) is 0 Å². The van der Waals surface area contributed by atoms with Gasteiger partial charge in [-0.25, -0.2) is 9.78 Å². The van der Waals surface area contributed by atoms with E-state index in [2.05, 4.69) is 10.1 Å². The molecule has 28 heavy (non-hydrogen) atoms. The van der Waals surface area contributed by atoms with Gasteiger partial charge in [-0.15, -0.1) is 11.8 Å². The van der Waals surface area contributed by atoms with Gasteiger partial charge >= 0.3 is 5.97 Å². The minimum absolute atomic E-state index is 0.104. The number of nitrogens with zero attached hydrogens (tertiary/aromatic N) is 2. The highest BCUT2D eigenvalue weighted by Crippen LogP contribution is 2.27. The predicted octanol–water partition coefficient (Wildman–Crippen LogP) is 4.87. The van der Waals surface area contributed by atoms with Crippen molar-refractivity contribution in [2.45, 2.75) is 24.6 Å². The molecule has 0 spiro atoms. The average molecular weight is 419 g/mol. The first kappa shape index (κ1) is 20.2. The Balaban J connectivity index is 1.56. The van der Waals surface area contributed by atoms with Gasteiger partial charge in [0.25, 0.3) is 0 Å². The predicted molar refractivity (Wildman–Crippen MR) is 107 cm³/mol. The van der Waals surface area contributed by atoms with Crippen molar-refractivity contribution < 1.29 is 18.8 Å². The van der Waals surface area contributed by atoms with Crippen LogP contribution in [0, 0.1) is 13.8 Å². The van der Waals surface area contributed by atoms with Crippen LogP contribution >= 0.6 is 23.4 Å². The van der Waals surface area contributed by atoms with Crippen LogP contribution in [-0.4, -0.2) is 29.3 Å². The van der Waals surface area contributed by atoms with Gasteiger partial charge in [0, 0.05) is 17.5 Å². The SMILES string of the molecule is Cc1noc(C)c1CSc1ncccc1C(=O)OCCOc1ccccc1Cl. The molecule has 0 fully saturated rings. The molecule has 3 rings (SSSR count). The molecule has 0 radical (unpaired) electrons. The van der Waals surface area contributed by atoms with E-state index in [0.29, 0.717) is 27.1 Å². The Labute approximate surface area is 172 Å². The van der Waals surface area contributed by atoms with Crippen LogP contribution in [-0.2, 0) is 10.5 Å². The molecule has 146 valence electrons. The maximum absolute atomic E-state index is 12.5. The van der Waals surface area contributed by atoms with Crippen molar-refractivity contribution in [3.8, 4) is 5.75 Å². The van der Waals surface area contributed by atoms with Crippen LogP contribution in [0.3, 0.4) is 0 Å². The number of hydrogen-bond acceptors (Lipinski definition) is 7. The number of thioether (sulfide) groups is 1. The lowest BCUT2D eigenvalue weighted by molar-refractivity contribution is 0.0445. The average Bonchev–Trinajstić information content (AvgIpc) is 3.02. The molecule has 0 saturated heterocycles. The number of para-hydroxylation sites is 1.